The van der Waals surface area contributed by atoms with Gasteiger partial charge in [-0.15, -0.1) is 11.3 Å². The van der Waals surface area contributed by atoms with E-state index in [9.17, 15) is 13.2 Å². The SMILES string of the molecule is O=C(O)c1ncsc1S(=O)(=O)NCCOCCO. The average molecular weight is 296 g/mol. The van der Waals surface area contributed by atoms with Gasteiger partial charge in [0.1, 0.15) is 0 Å². The molecule has 0 unspecified atom stereocenters. The van der Waals surface area contributed by atoms with Crippen LogP contribution in [0, 0.1) is 0 Å². The molecule has 0 aliphatic heterocycles. The molecule has 0 saturated heterocycles. The van der Waals surface area contributed by atoms with E-state index < -0.39 is 21.7 Å². The summed E-state index contributed by atoms with van der Waals surface area (Å²) >= 11 is 0.730. The second-order valence-electron chi connectivity index (χ2n) is 3.03. The van der Waals surface area contributed by atoms with Crippen molar-refractivity contribution in [3.63, 3.8) is 0 Å². The Kier molecular flexibility index (Phi) is 5.62. The van der Waals surface area contributed by atoms with Crippen LogP contribution in [0.15, 0.2) is 9.72 Å². The highest BCUT2D eigenvalue weighted by atomic mass is 32.2. The average Bonchev–Trinajstić information content (AvgIpc) is 2.78. The van der Waals surface area contributed by atoms with Crippen LogP contribution < -0.4 is 4.72 Å². The number of ether oxygens (including phenoxy) is 1. The molecule has 3 N–H and O–H groups in total. The zero-order valence-electron chi connectivity index (χ0n) is 9.20. The van der Waals surface area contributed by atoms with Crippen LogP contribution in [0.25, 0.3) is 0 Å². The summed E-state index contributed by atoms with van der Waals surface area (Å²) in [5, 5.41) is 17.2. The molecular formula is C8H12N2O6S2. The topological polar surface area (TPSA) is 126 Å². The number of aliphatic hydroxyl groups is 1. The maximum Gasteiger partial charge on any atom is 0.356 e. The Labute approximate surface area is 107 Å². The summed E-state index contributed by atoms with van der Waals surface area (Å²) in [5.74, 6) is -1.40. The predicted octanol–water partition coefficient (Wildman–Crippen LogP) is -0.871. The summed E-state index contributed by atoms with van der Waals surface area (Å²) in [4.78, 5) is 14.2. The number of aromatic carboxylic acids is 1. The highest BCUT2D eigenvalue weighted by Gasteiger charge is 2.25. The van der Waals surface area contributed by atoms with Gasteiger partial charge < -0.3 is 14.9 Å². The minimum atomic E-state index is -3.90. The fourth-order valence-corrected chi connectivity index (χ4v) is 3.24. The molecule has 10 heteroatoms. The molecule has 0 saturated carbocycles. The molecule has 1 heterocycles. The number of aromatic nitrogens is 1. The molecular weight excluding hydrogens is 284 g/mol. The summed E-state index contributed by atoms with van der Waals surface area (Å²) in [6, 6.07) is 0. The van der Waals surface area contributed by atoms with Gasteiger partial charge in [0.25, 0.3) is 10.0 Å². The first-order valence-corrected chi connectivity index (χ1v) is 7.20. The molecule has 0 aliphatic carbocycles. The van der Waals surface area contributed by atoms with Crippen molar-refractivity contribution in [2.75, 3.05) is 26.4 Å². The number of sulfonamides is 1. The number of aliphatic hydroxyl groups excluding tert-OH is 1. The first-order chi connectivity index (χ1) is 8.49. The number of nitrogens with one attached hydrogen (secondary N) is 1. The highest BCUT2D eigenvalue weighted by Crippen LogP contribution is 2.19. The van der Waals surface area contributed by atoms with E-state index in [0.717, 1.165) is 16.8 Å². The van der Waals surface area contributed by atoms with Crippen LogP contribution in [0.2, 0.25) is 0 Å². The lowest BCUT2D eigenvalue weighted by Crippen LogP contribution is -2.28. The minimum absolute atomic E-state index is 0.0146. The summed E-state index contributed by atoms with van der Waals surface area (Å²) in [6.07, 6.45) is 0. The van der Waals surface area contributed by atoms with Crippen molar-refractivity contribution in [1.82, 2.24) is 9.71 Å². The van der Waals surface area contributed by atoms with Crippen LogP contribution >= 0.6 is 11.3 Å². The van der Waals surface area contributed by atoms with Gasteiger partial charge in [0.2, 0.25) is 0 Å². The largest absolute Gasteiger partial charge is 0.476 e. The van der Waals surface area contributed by atoms with Crippen molar-refractivity contribution in [3.8, 4) is 0 Å². The van der Waals surface area contributed by atoms with Crippen LogP contribution in [0.5, 0.6) is 0 Å². The number of hydrogen-bond donors (Lipinski definition) is 3. The molecule has 0 aliphatic rings. The minimum Gasteiger partial charge on any atom is -0.476 e. The smallest absolute Gasteiger partial charge is 0.356 e. The van der Waals surface area contributed by atoms with Crippen molar-refractivity contribution < 1.29 is 28.2 Å². The van der Waals surface area contributed by atoms with E-state index in [2.05, 4.69) is 9.71 Å². The molecule has 0 atom stereocenters. The summed E-state index contributed by atoms with van der Waals surface area (Å²) in [6.45, 7) is 0.0354. The van der Waals surface area contributed by atoms with E-state index in [-0.39, 0.29) is 30.6 Å². The number of carbonyl (C=O) groups is 1. The molecule has 0 aromatic carbocycles. The first-order valence-electron chi connectivity index (χ1n) is 4.84. The van der Waals surface area contributed by atoms with Crippen LogP contribution in [-0.2, 0) is 14.8 Å². The second-order valence-corrected chi connectivity index (χ2v) is 5.84. The number of nitrogens with zero attached hydrogens (tertiary/aromatic N) is 1. The van der Waals surface area contributed by atoms with Crippen molar-refractivity contribution in [1.29, 1.82) is 0 Å². The van der Waals surface area contributed by atoms with Gasteiger partial charge in [-0.1, -0.05) is 0 Å². The van der Waals surface area contributed by atoms with Gasteiger partial charge in [-0.3, -0.25) is 0 Å². The Morgan fingerprint density at radius 3 is 2.83 bits per heavy atom. The third-order valence-electron chi connectivity index (χ3n) is 1.76. The van der Waals surface area contributed by atoms with Crippen molar-refractivity contribution in [2.45, 2.75) is 4.21 Å². The summed E-state index contributed by atoms with van der Waals surface area (Å²) in [5.41, 5.74) is 0.657. The van der Waals surface area contributed by atoms with Crippen LogP contribution in [0.3, 0.4) is 0 Å². The van der Waals surface area contributed by atoms with Gasteiger partial charge in [0.05, 0.1) is 25.3 Å². The van der Waals surface area contributed by atoms with Gasteiger partial charge >= 0.3 is 5.97 Å². The lowest BCUT2D eigenvalue weighted by Gasteiger charge is -2.05. The molecule has 0 radical (unpaired) electrons. The fraction of sp³-hybridized carbons (Fsp3) is 0.500. The monoisotopic (exact) mass is 296 g/mol. The molecule has 0 spiro atoms. The maximum atomic E-state index is 11.7. The number of thiazole rings is 1. The van der Waals surface area contributed by atoms with Crippen molar-refractivity contribution in [2.24, 2.45) is 0 Å². The standard InChI is InChI=1S/C8H12N2O6S2/c11-2-4-16-3-1-10-18(14,15)8-6(7(12)13)9-5-17-8/h5,10-11H,1-4H2,(H,12,13). The normalized spacial score (nSPS) is 11.6. The zero-order chi connectivity index (χ0) is 13.6. The van der Waals surface area contributed by atoms with Crippen molar-refractivity contribution in [3.05, 3.63) is 11.2 Å². The fourth-order valence-electron chi connectivity index (χ4n) is 1.05. The van der Waals surface area contributed by atoms with Gasteiger partial charge in [-0.05, 0) is 0 Å². The zero-order valence-corrected chi connectivity index (χ0v) is 10.8. The predicted molar refractivity (Wildman–Crippen MR) is 62.2 cm³/mol. The third kappa shape index (κ3) is 3.99. The maximum absolute atomic E-state index is 11.7. The molecule has 1 aromatic heterocycles. The Bertz CT molecular complexity index is 497. The Morgan fingerprint density at radius 2 is 2.22 bits per heavy atom. The molecule has 0 amide bonds. The number of carboxylic acid groups (broad SMARTS) is 1. The Morgan fingerprint density at radius 1 is 1.50 bits per heavy atom. The molecule has 8 nitrogen and oxygen atoms in total. The Hall–Kier alpha value is -1.07. The van der Waals surface area contributed by atoms with Crippen LogP contribution in [0.1, 0.15) is 10.5 Å². The van der Waals surface area contributed by atoms with Crippen LogP contribution in [-0.4, -0.2) is 55.9 Å². The quantitative estimate of drug-likeness (QED) is 0.532. The van der Waals surface area contributed by atoms with Gasteiger partial charge in [0.15, 0.2) is 9.90 Å². The molecule has 18 heavy (non-hydrogen) atoms. The van der Waals surface area contributed by atoms with E-state index in [0.29, 0.717) is 0 Å². The Balaban J connectivity index is 2.63. The van der Waals surface area contributed by atoms with E-state index in [1.807, 2.05) is 0 Å². The van der Waals surface area contributed by atoms with E-state index in [4.69, 9.17) is 14.9 Å². The van der Waals surface area contributed by atoms with Gasteiger partial charge in [0, 0.05) is 6.54 Å². The lowest BCUT2D eigenvalue weighted by atomic mass is 10.5. The van der Waals surface area contributed by atoms with Gasteiger partial charge in [-0.25, -0.2) is 22.9 Å². The molecule has 0 fully saturated rings. The summed E-state index contributed by atoms with van der Waals surface area (Å²) in [7, 11) is -3.90. The van der Waals surface area contributed by atoms with E-state index >= 15 is 0 Å². The molecule has 1 aromatic rings. The van der Waals surface area contributed by atoms with E-state index in [1.165, 1.54) is 0 Å². The lowest BCUT2D eigenvalue weighted by molar-refractivity contribution is 0.0687. The van der Waals surface area contributed by atoms with Crippen LogP contribution in [0.4, 0.5) is 0 Å². The van der Waals surface area contributed by atoms with Crippen molar-refractivity contribution >= 4 is 27.3 Å². The number of carboxylic acids is 1. The summed E-state index contributed by atoms with van der Waals surface area (Å²) < 4.78 is 30.2. The second kappa shape index (κ2) is 6.75. The molecule has 0 bridgehead atoms. The first kappa shape index (κ1) is 15.0. The highest BCUT2D eigenvalue weighted by molar-refractivity contribution is 7.91. The van der Waals surface area contributed by atoms with Gasteiger partial charge in [-0.2, -0.15) is 0 Å². The molecule has 102 valence electrons. The molecule has 1 rings (SSSR count). The third-order valence-corrected chi connectivity index (χ3v) is 4.59. The van der Waals surface area contributed by atoms with E-state index in [1.54, 1.807) is 0 Å². The number of rotatable bonds is 8. The number of hydrogen-bond acceptors (Lipinski definition) is 7.